The lowest BCUT2D eigenvalue weighted by Gasteiger charge is -2.16. The van der Waals surface area contributed by atoms with Crippen LogP contribution in [0, 0.1) is 5.92 Å². The molecule has 2 aliphatic heterocycles. The summed E-state index contributed by atoms with van der Waals surface area (Å²) in [5, 5.41) is 2.95. The van der Waals surface area contributed by atoms with Gasteiger partial charge in [-0.1, -0.05) is 0 Å². The summed E-state index contributed by atoms with van der Waals surface area (Å²) < 4.78 is 5.18. The first kappa shape index (κ1) is 12.8. The van der Waals surface area contributed by atoms with E-state index < -0.39 is 0 Å². The number of carbonyl (C=O) groups is 1. The molecule has 0 aromatic heterocycles. The van der Waals surface area contributed by atoms with Gasteiger partial charge < -0.3 is 20.7 Å². The lowest BCUT2D eigenvalue weighted by molar-refractivity contribution is -0.125. The van der Waals surface area contributed by atoms with Crippen molar-refractivity contribution >= 4 is 5.91 Å². The van der Waals surface area contributed by atoms with Crippen LogP contribution in [-0.4, -0.2) is 56.2 Å². The monoisotopic (exact) mass is 241 g/mol. The fraction of sp³-hybridized carbons (Fsp3) is 0.917. The van der Waals surface area contributed by atoms with Crippen molar-refractivity contribution in [3.05, 3.63) is 0 Å². The molecule has 0 spiro atoms. The molecule has 3 N–H and O–H groups in total. The van der Waals surface area contributed by atoms with Crippen molar-refractivity contribution < 1.29 is 9.53 Å². The Bertz CT molecular complexity index is 254. The zero-order chi connectivity index (χ0) is 12.1. The van der Waals surface area contributed by atoms with Gasteiger partial charge >= 0.3 is 0 Å². The fourth-order valence-electron chi connectivity index (χ4n) is 2.49. The van der Waals surface area contributed by atoms with Crippen LogP contribution in [0.3, 0.4) is 0 Å². The number of hydrogen-bond donors (Lipinski definition) is 2. The van der Waals surface area contributed by atoms with Crippen LogP contribution in [0.15, 0.2) is 0 Å². The van der Waals surface area contributed by atoms with Gasteiger partial charge in [0.25, 0.3) is 0 Å². The summed E-state index contributed by atoms with van der Waals surface area (Å²) >= 11 is 0. The number of nitrogens with zero attached hydrogens (tertiary/aromatic N) is 1. The third-order valence-corrected chi connectivity index (χ3v) is 3.61. The highest BCUT2D eigenvalue weighted by atomic mass is 16.5. The normalized spacial score (nSPS) is 29.7. The van der Waals surface area contributed by atoms with E-state index in [-0.39, 0.29) is 17.9 Å². The summed E-state index contributed by atoms with van der Waals surface area (Å²) in [6, 6.07) is -0.131. The Hall–Kier alpha value is -0.650. The first-order chi connectivity index (χ1) is 8.27. The van der Waals surface area contributed by atoms with Crippen LogP contribution in [0.4, 0.5) is 0 Å². The van der Waals surface area contributed by atoms with Crippen molar-refractivity contribution in [2.75, 3.05) is 39.4 Å². The highest BCUT2D eigenvalue weighted by Crippen LogP contribution is 2.11. The zero-order valence-electron chi connectivity index (χ0n) is 10.4. The quantitative estimate of drug-likeness (QED) is 0.641. The summed E-state index contributed by atoms with van der Waals surface area (Å²) in [7, 11) is 0. The molecule has 0 radical (unpaired) electrons. The third kappa shape index (κ3) is 3.66. The predicted molar refractivity (Wildman–Crippen MR) is 65.6 cm³/mol. The van der Waals surface area contributed by atoms with Crippen LogP contribution >= 0.6 is 0 Å². The van der Waals surface area contributed by atoms with E-state index in [0.29, 0.717) is 13.2 Å². The van der Waals surface area contributed by atoms with Gasteiger partial charge in [0.1, 0.15) is 0 Å². The number of carbonyl (C=O) groups excluding carboxylic acids is 1. The van der Waals surface area contributed by atoms with Gasteiger partial charge in [-0.15, -0.1) is 0 Å². The summed E-state index contributed by atoms with van der Waals surface area (Å²) in [6.45, 7) is 5.25. The van der Waals surface area contributed by atoms with Crippen LogP contribution in [0.25, 0.3) is 0 Å². The van der Waals surface area contributed by atoms with Gasteiger partial charge in [-0.3, -0.25) is 4.79 Å². The SMILES string of the molecule is NC1COCC1C(=O)NCCCN1CCCC1. The minimum absolute atomic E-state index is 0.0522. The highest BCUT2D eigenvalue weighted by Gasteiger charge is 2.30. The second kappa shape index (κ2) is 6.33. The predicted octanol–water partition coefficient (Wildman–Crippen LogP) is -0.438. The molecule has 2 fully saturated rings. The molecule has 2 atom stereocenters. The molecule has 5 nitrogen and oxygen atoms in total. The standard InChI is InChI=1S/C12H23N3O2/c13-11-9-17-8-10(11)12(16)14-4-3-7-15-5-1-2-6-15/h10-11H,1-9,13H2,(H,14,16). The molecule has 2 rings (SSSR count). The number of nitrogens with one attached hydrogen (secondary N) is 1. The van der Waals surface area contributed by atoms with E-state index in [2.05, 4.69) is 10.2 Å². The Balaban J connectivity index is 1.56. The van der Waals surface area contributed by atoms with Gasteiger partial charge in [0.15, 0.2) is 0 Å². The van der Waals surface area contributed by atoms with Crippen molar-refractivity contribution in [3.63, 3.8) is 0 Å². The maximum absolute atomic E-state index is 11.8. The van der Waals surface area contributed by atoms with E-state index in [1.807, 2.05) is 0 Å². The third-order valence-electron chi connectivity index (χ3n) is 3.61. The Labute approximate surface area is 103 Å². The van der Waals surface area contributed by atoms with E-state index in [1.165, 1.54) is 25.9 Å². The topological polar surface area (TPSA) is 67.6 Å². The molecule has 0 saturated carbocycles. The lowest BCUT2D eigenvalue weighted by atomic mass is 10.0. The average Bonchev–Trinajstić information content (AvgIpc) is 2.95. The Morgan fingerprint density at radius 3 is 2.76 bits per heavy atom. The van der Waals surface area contributed by atoms with Gasteiger partial charge in [-0.2, -0.15) is 0 Å². The molecule has 2 unspecified atom stereocenters. The Morgan fingerprint density at radius 1 is 1.35 bits per heavy atom. The molecule has 0 aromatic carbocycles. The second-order valence-corrected chi connectivity index (χ2v) is 5.00. The van der Waals surface area contributed by atoms with Gasteiger partial charge in [-0.25, -0.2) is 0 Å². The van der Waals surface area contributed by atoms with Gasteiger partial charge in [0.05, 0.1) is 19.1 Å². The van der Waals surface area contributed by atoms with Crippen LogP contribution in [0.5, 0.6) is 0 Å². The summed E-state index contributed by atoms with van der Waals surface area (Å²) in [4.78, 5) is 14.2. The van der Waals surface area contributed by atoms with Gasteiger partial charge in [0, 0.05) is 12.6 Å². The lowest BCUT2D eigenvalue weighted by Crippen LogP contribution is -2.41. The van der Waals surface area contributed by atoms with Crippen LogP contribution < -0.4 is 11.1 Å². The minimum Gasteiger partial charge on any atom is -0.379 e. The first-order valence-corrected chi connectivity index (χ1v) is 6.61. The molecule has 2 heterocycles. The second-order valence-electron chi connectivity index (χ2n) is 5.00. The van der Waals surface area contributed by atoms with E-state index in [1.54, 1.807) is 0 Å². The molecule has 17 heavy (non-hydrogen) atoms. The van der Waals surface area contributed by atoms with E-state index in [9.17, 15) is 4.79 Å². The smallest absolute Gasteiger partial charge is 0.227 e. The van der Waals surface area contributed by atoms with Crippen LogP contribution in [-0.2, 0) is 9.53 Å². The van der Waals surface area contributed by atoms with Gasteiger partial charge in [0.2, 0.25) is 5.91 Å². The summed E-state index contributed by atoms with van der Waals surface area (Å²) in [5.41, 5.74) is 5.79. The average molecular weight is 241 g/mol. The Kier molecular flexibility index (Phi) is 4.76. The van der Waals surface area contributed by atoms with Crippen molar-refractivity contribution in [1.82, 2.24) is 10.2 Å². The van der Waals surface area contributed by atoms with E-state index in [4.69, 9.17) is 10.5 Å². The van der Waals surface area contributed by atoms with Crippen LogP contribution in [0.2, 0.25) is 0 Å². The molecule has 0 aromatic rings. The van der Waals surface area contributed by atoms with E-state index in [0.717, 1.165) is 19.5 Å². The molecule has 2 saturated heterocycles. The molecular weight excluding hydrogens is 218 g/mol. The number of hydrogen-bond acceptors (Lipinski definition) is 4. The molecule has 98 valence electrons. The summed E-state index contributed by atoms with van der Waals surface area (Å²) in [6.07, 6.45) is 3.66. The maximum Gasteiger partial charge on any atom is 0.227 e. The molecule has 2 aliphatic rings. The number of ether oxygens (including phenoxy) is 1. The van der Waals surface area contributed by atoms with Crippen molar-refractivity contribution in [2.24, 2.45) is 11.7 Å². The molecular formula is C12H23N3O2. The Morgan fingerprint density at radius 2 is 2.12 bits per heavy atom. The largest absolute Gasteiger partial charge is 0.379 e. The fourth-order valence-corrected chi connectivity index (χ4v) is 2.49. The summed E-state index contributed by atoms with van der Waals surface area (Å²) in [5.74, 6) is -0.0989. The number of nitrogens with two attached hydrogens (primary N) is 1. The van der Waals surface area contributed by atoms with Crippen molar-refractivity contribution in [1.29, 1.82) is 0 Å². The highest BCUT2D eigenvalue weighted by molar-refractivity contribution is 5.79. The van der Waals surface area contributed by atoms with E-state index >= 15 is 0 Å². The number of likely N-dealkylation sites (tertiary alicyclic amines) is 1. The number of rotatable bonds is 5. The van der Waals surface area contributed by atoms with Crippen molar-refractivity contribution in [2.45, 2.75) is 25.3 Å². The first-order valence-electron chi connectivity index (χ1n) is 6.61. The van der Waals surface area contributed by atoms with Crippen molar-refractivity contribution in [3.8, 4) is 0 Å². The van der Waals surface area contributed by atoms with Gasteiger partial charge in [-0.05, 0) is 38.9 Å². The maximum atomic E-state index is 11.8. The number of amides is 1. The minimum atomic E-state index is -0.151. The molecule has 1 amide bonds. The van der Waals surface area contributed by atoms with Crippen LogP contribution in [0.1, 0.15) is 19.3 Å². The molecule has 5 heteroatoms. The molecule has 0 bridgehead atoms. The zero-order valence-corrected chi connectivity index (χ0v) is 10.4. The molecule has 0 aliphatic carbocycles.